The van der Waals surface area contributed by atoms with Gasteiger partial charge in [-0.05, 0) is 54.6 Å². The molecule has 2 aromatic rings. The van der Waals surface area contributed by atoms with Crippen LogP contribution in [-0.4, -0.2) is 45.9 Å². The highest BCUT2D eigenvalue weighted by atomic mass is 32.1. The third-order valence-corrected chi connectivity index (χ3v) is 5.69. The van der Waals surface area contributed by atoms with Crippen molar-refractivity contribution in [3.05, 3.63) is 29.2 Å². The smallest absolute Gasteiger partial charge is 0.332 e. The Hall–Kier alpha value is -1.66. The van der Waals surface area contributed by atoms with Gasteiger partial charge in [-0.1, -0.05) is 0 Å². The van der Waals surface area contributed by atoms with Crippen molar-refractivity contribution in [1.82, 2.24) is 20.0 Å². The minimum atomic E-state index is -0.118. The number of rotatable bonds is 2. The van der Waals surface area contributed by atoms with Crippen LogP contribution in [0.15, 0.2) is 29.2 Å². The molecule has 116 valence electrons. The van der Waals surface area contributed by atoms with Crippen molar-refractivity contribution in [2.24, 2.45) is 5.92 Å². The Morgan fingerprint density at radius 3 is 3.05 bits per heavy atom. The summed E-state index contributed by atoms with van der Waals surface area (Å²) >= 11 is 1.65. The molecule has 2 aromatic heterocycles. The van der Waals surface area contributed by atoms with Gasteiger partial charge in [0.25, 0.3) is 0 Å². The number of piperidine rings is 3. The zero-order chi connectivity index (χ0) is 15.1. The summed E-state index contributed by atoms with van der Waals surface area (Å²) in [5.74, 6) is 0.607. The summed E-state index contributed by atoms with van der Waals surface area (Å²) in [4.78, 5) is 14.9. The normalized spacial score (nSPS) is 30.4. The maximum atomic E-state index is 12.4. The predicted molar refractivity (Wildman–Crippen MR) is 87.0 cm³/mol. The molecule has 0 spiro atoms. The van der Waals surface area contributed by atoms with Crippen LogP contribution in [0.2, 0.25) is 0 Å². The first-order valence-corrected chi connectivity index (χ1v) is 8.77. The van der Waals surface area contributed by atoms with E-state index in [2.05, 4.69) is 27.6 Å². The number of aromatic nitrogens is 2. The van der Waals surface area contributed by atoms with Crippen molar-refractivity contribution in [3.8, 4) is 11.1 Å². The summed E-state index contributed by atoms with van der Waals surface area (Å²) in [6, 6.07) is 2.83. The molecule has 0 aliphatic carbocycles. The van der Waals surface area contributed by atoms with E-state index in [9.17, 15) is 4.79 Å². The lowest BCUT2D eigenvalue weighted by atomic mass is 9.80. The summed E-state index contributed by atoms with van der Waals surface area (Å²) in [5, 5.41) is 11.5. The average molecular weight is 316 g/mol. The van der Waals surface area contributed by atoms with Crippen molar-refractivity contribution < 1.29 is 4.79 Å². The van der Waals surface area contributed by atoms with Crippen LogP contribution in [0.25, 0.3) is 11.1 Å². The number of amides is 1. The largest absolute Gasteiger partial charge is 0.342 e. The molecule has 2 bridgehead atoms. The van der Waals surface area contributed by atoms with Gasteiger partial charge >= 0.3 is 6.03 Å². The second kappa shape index (κ2) is 5.52. The summed E-state index contributed by atoms with van der Waals surface area (Å²) < 4.78 is 1.42. The van der Waals surface area contributed by atoms with E-state index in [0.29, 0.717) is 12.0 Å². The van der Waals surface area contributed by atoms with Crippen LogP contribution in [0, 0.1) is 5.92 Å². The van der Waals surface area contributed by atoms with Gasteiger partial charge in [0.2, 0.25) is 0 Å². The average Bonchev–Trinajstić information content (AvgIpc) is 3.19. The molecule has 22 heavy (non-hydrogen) atoms. The third kappa shape index (κ3) is 2.46. The minimum Gasteiger partial charge on any atom is -0.332 e. The Kier molecular flexibility index (Phi) is 3.50. The zero-order valence-corrected chi connectivity index (χ0v) is 13.4. The number of hydrogen-bond donors (Lipinski definition) is 1. The SMILES string of the molecule is CC1CC2CCN1C[C@@H]2NC(=O)n1cc(-c2ccsc2)cn1. The minimum absolute atomic E-state index is 0.118. The van der Waals surface area contributed by atoms with Crippen molar-refractivity contribution in [2.45, 2.75) is 31.8 Å². The van der Waals surface area contributed by atoms with Gasteiger partial charge in [0.05, 0.1) is 6.20 Å². The molecule has 3 aliphatic heterocycles. The third-order valence-electron chi connectivity index (χ3n) is 5.01. The molecule has 3 aliphatic rings. The highest BCUT2D eigenvalue weighted by Gasteiger charge is 2.38. The van der Waals surface area contributed by atoms with E-state index in [0.717, 1.165) is 17.7 Å². The maximum Gasteiger partial charge on any atom is 0.342 e. The summed E-state index contributed by atoms with van der Waals surface area (Å²) in [6.07, 6.45) is 5.93. The summed E-state index contributed by atoms with van der Waals surface area (Å²) in [7, 11) is 0. The molecular weight excluding hydrogens is 296 g/mol. The lowest BCUT2D eigenvalue weighted by Gasteiger charge is -2.48. The van der Waals surface area contributed by atoms with E-state index in [4.69, 9.17) is 0 Å². The predicted octanol–water partition coefficient (Wildman–Crippen LogP) is 2.65. The summed E-state index contributed by atoms with van der Waals surface area (Å²) in [5.41, 5.74) is 2.10. The molecular formula is C16H20N4OS. The van der Waals surface area contributed by atoms with Crippen molar-refractivity contribution in [1.29, 1.82) is 0 Å². The monoisotopic (exact) mass is 316 g/mol. The van der Waals surface area contributed by atoms with Gasteiger partial charge < -0.3 is 5.32 Å². The van der Waals surface area contributed by atoms with Crippen LogP contribution < -0.4 is 5.32 Å². The summed E-state index contributed by atoms with van der Waals surface area (Å²) in [6.45, 7) is 4.42. The number of fused-ring (bicyclic) bond motifs is 3. The van der Waals surface area contributed by atoms with Gasteiger partial charge in [0, 0.05) is 30.4 Å². The molecule has 3 saturated heterocycles. The van der Waals surface area contributed by atoms with Crippen LogP contribution in [0.1, 0.15) is 19.8 Å². The Morgan fingerprint density at radius 1 is 1.45 bits per heavy atom. The van der Waals surface area contributed by atoms with E-state index in [1.807, 2.05) is 11.4 Å². The maximum absolute atomic E-state index is 12.4. The number of nitrogens with one attached hydrogen (secondary N) is 1. The first-order valence-electron chi connectivity index (χ1n) is 7.83. The fourth-order valence-corrected chi connectivity index (χ4v) is 4.36. The highest BCUT2D eigenvalue weighted by Crippen LogP contribution is 2.32. The van der Waals surface area contributed by atoms with Gasteiger partial charge in [-0.3, -0.25) is 4.90 Å². The Labute approximate surface area is 133 Å². The van der Waals surface area contributed by atoms with Gasteiger partial charge in [-0.15, -0.1) is 0 Å². The molecule has 6 heteroatoms. The molecule has 1 amide bonds. The number of nitrogens with zero attached hydrogens (tertiary/aromatic N) is 3. The molecule has 0 radical (unpaired) electrons. The molecule has 0 aromatic carbocycles. The molecule has 5 rings (SSSR count). The van der Waals surface area contributed by atoms with Gasteiger partial charge in [-0.25, -0.2) is 4.79 Å². The highest BCUT2D eigenvalue weighted by molar-refractivity contribution is 7.08. The lowest BCUT2D eigenvalue weighted by Crippen LogP contribution is -2.60. The van der Waals surface area contributed by atoms with Crippen molar-refractivity contribution in [3.63, 3.8) is 0 Å². The molecule has 5 heterocycles. The van der Waals surface area contributed by atoms with E-state index >= 15 is 0 Å². The number of hydrogen-bond acceptors (Lipinski definition) is 4. The molecule has 3 unspecified atom stereocenters. The van der Waals surface area contributed by atoms with E-state index in [-0.39, 0.29) is 12.1 Å². The number of carbonyl (C=O) groups is 1. The van der Waals surface area contributed by atoms with Crippen LogP contribution >= 0.6 is 11.3 Å². The van der Waals surface area contributed by atoms with Crippen LogP contribution in [-0.2, 0) is 0 Å². The van der Waals surface area contributed by atoms with Gasteiger partial charge in [0.1, 0.15) is 0 Å². The first kappa shape index (κ1) is 14.0. The quantitative estimate of drug-likeness (QED) is 0.926. The topological polar surface area (TPSA) is 50.2 Å². The van der Waals surface area contributed by atoms with Gasteiger partial charge in [-0.2, -0.15) is 21.1 Å². The van der Waals surface area contributed by atoms with Crippen LogP contribution in [0.4, 0.5) is 4.79 Å². The van der Waals surface area contributed by atoms with Crippen molar-refractivity contribution >= 4 is 17.4 Å². The van der Waals surface area contributed by atoms with Crippen molar-refractivity contribution in [2.75, 3.05) is 13.1 Å². The number of thiophene rings is 1. The molecule has 1 N–H and O–H groups in total. The standard InChI is InChI=1S/C16H20N4OS/c1-11-6-12-2-4-19(11)9-15(12)18-16(21)20-8-14(7-17-20)13-3-5-22-10-13/h3,5,7-8,10-12,15H,2,4,6,9H2,1H3,(H,18,21)/t11?,12?,15-/m0/s1. The van der Waals surface area contributed by atoms with Crippen LogP contribution in [0.5, 0.6) is 0 Å². The Morgan fingerprint density at radius 2 is 2.36 bits per heavy atom. The van der Waals surface area contributed by atoms with E-state index in [1.54, 1.807) is 23.7 Å². The Bertz CT molecular complexity index is 666. The zero-order valence-electron chi connectivity index (χ0n) is 12.6. The molecule has 3 fully saturated rings. The first-order chi connectivity index (χ1) is 10.7. The second-order valence-electron chi connectivity index (χ2n) is 6.37. The second-order valence-corrected chi connectivity index (χ2v) is 7.15. The van der Waals surface area contributed by atoms with Gasteiger partial charge in [0.15, 0.2) is 0 Å². The fraction of sp³-hybridized carbons (Fsp3) is 0.500. The Balaban J connectivity index is 1.45. The lowest BCUT2D eigenvalue weighted by molar-refractivity contribution is 0.0321. The van der Waals surface area contributed by atoms with E-state index < -0.39 is 0 Å². The number of carbonyl (C=O) groups excluding carboxylic acids is 1. The molecule has 0 saturated carbocycles. The fourth-order valence-electron chi connectivity index (χ4n) is 3.70. The molecule has 5 nitrogen and oxygen atoms in total. The molecule has 4 atom stereocenters. The van der Waals surface area contributed by atoms with E-state index in [1.165, 1.54) is 24.1 Å². The van der Waals surface area contributed by atoms with Crippen LogP contribution in [0.3, 0.4) is 0 Å².